The van der Waals surface area contributed by atoms with Crippen LogP contribution in [-0.4, -0.2) is 25.2 Å². The number of rotatable bonds is 5. The van der Waals surface area contributed by atoms with Crippen LogP contribution in [0.3, 0.4) is 0 Å². The number of carbonyl (C=O) groups is 1. The van der Waals surface area contributed by atoms with Crippen LogP contribution in [-0.2, 0) is 13.1 Å². The lowest BCUT2D eigenvalue weighted by molar-refractivity contribution is 0.0702. The van der Waals surface area contributed by atoms with Crippen molar-refractivity contribution >= 4 is 17.3 Å². The van der Waals surface area contributed by atoms with Gasteiger partial charge in [0.25, 0.3) is 0 Å². The molecular weight excluding hydrogens is 200 g/mol. The number of aromatic carboxylic acids is 1. The average Bonchev–Trinajstić information content (AvgIpc) is 2.50. The molecule has 1 aromatic heterocycles. The first-order chi connectivity index (χ1) is 6.69. The summed E-state index contributed by atoms with van der Waals surface area (Å²) in [6, 6.07) is 1.73. The summed E-state index contributed by atoms with van der Waals surface area (Å²) in [5.74, 6) is -0.852. The van der Waals surface area contributed by atoms with E-state index in [4.69, 9.17) is 5.11 Å². The topological polar surface area (TPSA) is 61.4 Å². The van der Waals surface area contributed by atoms with E-state index in [1.807, 2.05) is 14.1 Å². The molecule has 0 unspecified atom stereocenters. The molecule has 0 radical (unpaired) electrons. The van der Waals surface area contributed by atoms with E-state index < -0.39 is 5.97 Å². The van der Waals surface area contributed by atoms with Crippen molar-refractivity contribution in [2.24, 2.45) is 0 Å². The zero-order valence-electron chi connectivity index (χ0n) is 8.26. The molecule has 0 amide bonds. The molecule has 1 rings (SSSR count). The molecule has 0 saturated carbocycles. The number of thiophene rings is 1. The highest BCUT2D eigenvalue weighted by molar-refractivity contribution is 7.14. The number of hydrogen-bond donors (Lipinski definition) is 3. The van der Waals surface area contributed by atoms with Gasteiger partial charge in [-0.3, -0.25) is 0 Å². The maximum Gasteiger partial charge on any atom is 0.345 e. The molecule has 3 N–H and O–H groups in total. The standard InChI is InChI=1S/C9H14N2O2S/c1-10-4-6-3-7(9(12)13)14-8(6)5-11-2/h3,10-11H,4-5H2,1-2H3,(H,12,13). The Labute approximate surface area is 87.0 Å². The highest BCUT2D eigenvalue weighted by atomic mass is 32.1. The predicted octanol–water partition coefficient (Wildman–Crippen LogP) is 0.885. The van der Waals surface area contributed by atoms with Crippen LogP contribution in [0, 0.1) is 0 Å². The van der Waals surface area contributed by atoms with E-state index in [-0.39, 0.29) is 0 Å². The molecule has 1 heterocycles. The lowest BCUT2D eigenvalue weighted by Crippen LogP contribution is -2.09. The summed E-state index contributed by atoms with van der Waals surface area (Å²) in [5, 5.41) is 14.9. The molecule has 4 nitrogen and oxygen atoms in total. The Kier molecular flexibility index (Phi) is 4.06. The van der Waals surface area contributed by atoms with Crippen molar-refractivity contribution in [1.29, 1.82) is 0 Å². The Morgan fingerprint density at radius 2 is 2.07 bits per heavy atom. The molecule has 0 aliphatic carbocycles. The van der Waals surface area contributed by atoms with Crippen molar-refractivity contribution in [2.75, 3.05) is 14.1 Å². The lowest BCUT2D eigenvalue weighted by atomic mass is 10.2. The fraction of sp³-hybridized carbons (Fsp3) is 0.444. The molecule has 0 saturated heterocycles. The molecule has 0 atom stereocenters. The Morgan fingerprint density at radius 1 is 1.43 bits per heavy atom. The Morgan fingerprint density at radius 3 is 2.57 bits per heavy atom. The molecule has 0 bridgehead atoms. The van der Waals surface area contributed by atoms with Crippen molar-refractivity contribution in [3.05, 3.63) is 21.4 Å². The van der Waals surface area contributed by atoms with E-state index in [2.05, 4.69) is 10.6 Å². The SMILES string of the molecule is CNCc1cc(C(=O)O)sc1CNC. The molecule has 78 valence electrons. The summed E-state index contributed by atoms with van der Waals surface area (Å²) < 4.78 is 0. The van der Waals surface area contributed by atoms with E-state index in [0.29, 0.717) is 11.4 Å². The minimum atomic E-state index is -0.852. The van der Waals surface area contributed by atoms with Crippen LogP contribution in [0.4, 0.5) is 0 Å². The van der Waals surface area contributed by atoms with Crippen LogP contribution >= 0.6 is 11.3 Å². The lowest BCUT2D eigenvalue weighted by Gasteiger charge is -2.00. The van der Waals surface area contributed by atoms with Crippen molar-refractivity contribution < 1.29 is 9.90 Å². The van der Waals surface area contributed by atoms with Crippen molar-refractivity contribution in [1.82, 2.24) is 10.6 Å². The largest absolute Gasteiger partial charge is 0.477 e. The van der Waals surface area contributed by atoms with Gasteiger partial charge >= 0.3 is 5.97 Å². The number of carboxylic acid groups (broad SMARTS) is 1. The summed E-state index contributed by atoms with van der Waals surface area (Å²) in [7, 11) is 3.70. The van der Waals surface area contributed by atoms with Crippen LogP contribution in [0.25, 0.3) is 0 Å². The maximum atomic E-state index is 10.7. The van der Waals surface area contributed by atoms with E-state index in [1.165, 1.54) is 11.3 Å². The minimum Gasteiger partial charge on any atom is -0.477 e. The average molecular weight is 214 g/mol. The van der Waals surface area contributed by atoms with Crippen LogP contribution in [0.1, 0.15) is 20.1 Å². The summed E-state index contributed by atoms with van der Waals surface area (Å²) in [6.07, 6.45) is 0. The van der Waals surface area contributed by atoms with Gasteiger partial charge in [0.05, 0.1) is 0 Å². The molecule has 1 aromatic rings. The smallest absolute Gasteiger partial charge is 0.345 e. The Hall–Kier alpha value is -0.910. The third-order valence-electron chi connectivity index (χ3n) is 1.81. The molecule has 0 fully saturated rings. The zero-order chi connectivity index (χ0) is 10.6. The van der Waals surface area contributed by atoms with Gasteiger partial charge in [-0.2, -0.15) is 0 Å². The highest BCUT2D eigenvalue weighted by Crippen LogP contribution is 2.22. The molecule has 0 spiro atoms. The fourth-order valence-electron chi connectivity index (χ4n) is 1.22. The van der Waals surface area contributed by atoms with Crippen LogP contribution in [0.5, 0.6) is 0 Å². The molecular formula is C9H14N2O2S. The number of hydrogen-bond acceptors (Lipinski definition) is 4. The van der Waals surface area contributed by atoms with E-state index in [0.717, 1.165) is 17.0 Å². The van der Waals surface area contributed by atoms with Crippen molar-refractivity contribution in [3.63, 3.8) is 0 Å². The molecule has 0 aliphatic rings. The van der Waals surface area contributed by atoms with Gasteiger partial charge in [0.15, 0.2) is 0 Å². The van der Waals surface area contributed by atoms with Gasteiger partial charge in [-0.15, -0.1) is 11.3 Å². The quantitative estimate of drug-likeness (QED) is 0.681. The number of carboxylic acids is 1. The zero-order valence-corrected chi connectivity index (χ0v) is 9.07. The van der Waals surface area contributed by atoms with Gasteiger partial charge in [-0.1, -0.05) is 0 Å². The second kappa shape index (κ2) is 5.09. The normalized spacial score (nSPS) is 10.4. The first-order valence-corrected chi connectivity index (χ1v) is 5.14. The third-order valence-corrected chi connectivity index (χ3v) is 2.98. The Bertz CT molecular complexity index is 299. The molecule has 0 aromatic carbocycles. The molecule has 5 heteroatoms. The van der Waals surface area contributed by atoms with E-state index in [1.54, 1.807) is 6.07 Å². The number of nitrogens with one attached hydrogen (secondary N) is 2. The summed E-state index contributed by atoms with van der Waals surface area (Å²) >= 11 is 1.33. The second-order valence-corrected chi connectivity index (χ2v) is 4.06. The van der Waals surface area contributed by atoms with Crippen molar-refractivity contribution in [2.45, 2.75) is 13.1 Å². The molecule has 0 aliphatic heterocycles. The van der Waals surface area contributed by atoms with Crippen LogP contribution < -0.4 is 10.6 Å². The minimum absolute atomic E-state index is 0.403. The van der Waals surface area contributed by atoms with Gasteiger partial charge in [0.2, 0.25) is 0 Å². The first-order valence-electron chi connectivity index (χ1n) is 4.33. The third kappa shape index (κ3) is 2.54. The van der Waals surface area contributed by atoms with Gasteiger partial charge in [-0.05, 0) is 25.7 Å². The van der Waals surface area contributed by atoms with Gasteiger partial charge in [0.1, 0.15) is 4.88 Å². The van der Waals surface area contributed by atoms with Crippen molar-refractivity contribution in [3.8, 4) is 0 Å². The van der Waals surface area contributed by atoms with Gasteiger partial charge < -0.3 is 15.7 Å². The summed E-state index contributed by atoms with van der Waals surface area (Å²) in [4.78, 5) is 12.2. The van der Waals surface area contributed by atoms with Crippen LogP contribution in [0.15, 0.2) is 6.07 Å². The summed E-state index contributed by atoms with van der Waals surface area (Å²) in [5.41, 5.74) is 1.06. The predicted molar refractivity (Wildman–Crippen MR) is 56.8 cm³/mol. The van der Waals surface area contributed by atoms with Gasteiger partial charge in [-0.25, -0.2) is 4.79 Å². The van der Waals surface area contributed by atoms with E-state index >= 15 is 0 Å². The van der Waals surface area contributed by atoms with Crippen LogP contribution in [0.2, 0.25) is 0 Å². The summed E-state index contributed by atoms with van der Waals surface area (Å²) in [6.45, 7) is 1.43. The fourth-order valence-corrected chi connectivity index (χ4v) is 2.25. The first kappa shape index (κ1) is 11.2. The molecule has 14 heavy (non-hydrogen) atoms. The van der Waals surface area contributed by atoms with E-state index in [9.17, 15) is 4.79 Å². The van der Waals surface area contributed by atoms with Gasteiger partial charge in [0, 0.05) is 18.0 Å². The highest BCUT2D eigenvalue weighted by Gasteiger charge is 2.12. The Balaban J connectivity index is 2.93. The second-order valence-electron chi connectivity index (χ2n) is 2.92. The maximum absolute atomic E-state index is 10.7. The monoisotopic (exact) mass is 214 g/mol.